The monoisotopic (exact) mass is 189 g/mol. The molecule has 2 heteroatoms. The average molecular weight is 189 g/mol. The summed E-state index contributed by atoms with van der Waals surface area (Å²) in [6, 6.07) is 0. The van der Waals surface area contributed by atoms with Crippen molar-refractivity contribution in [2.75, 3.05) is 0 Å². The van der Waals surface area contributed by atoms with Crippen molar-refractivity contribution in [2.24, 2.45) is 0 Å². The van der Waals surface area contributed by atoms with Crippen LogP contribution in [0.3, 0.4) is 0 Å². The van der Waals surface area contributed by atoms with Gasteiger partial charge in [0, 0.05) is 29.6 Å². The Morgan fingerprint density at radius 2 is 1.67 bits per heavy atom. The molecule has 0 saturated heterocycles. The molecule has 1 aliphatic rings. The Kier molecular flexibility index (Phi) is 4.52. The molecule has 0 bridgehead atoms. The van der Waals surface area contributed by atoms with Crippen LogP contribution in [-0.4, -0.2) is 37.6 Å². The van der Waals surface area contributed by atoms with E-state index in [1.54, 1.807) is 10.8 Å². The molecule has 0 amide bonds. The third-order valence-corrected chi connectivity index (χ3v) is 4.95. The molecule has 0 spiro atoms. The maximum absolute atomic E-state index is 2.43. The van der Waals surface area contributed by atoms with Crippen molar-refractivity contribution in [3.63, 3.8) is 0 Å². The van der Waals surface area contributed by atoms with E-state index in [1.807, 2.05) is 0 Å². The van der Waals surface area contributed by atoms with Gasteiger partial charge in [0.15, 0.2) is 0 Å². The summed E-state index contributed by atoms with van der Waals surface area (Å²) in [4.78, 5) is 0. The Balaban J connectivity index is 0.00000121. The second-order valence-corrected chi connectivity index (χ2v) is 9.55. The van der Waals surface area contributed by atoms with Gasteiger partial charge in [-0.25, -0.2) is 0 Å². The molecule has 1 rings (SSSR count). The second kappa shape index (κ2) is 4.27. The Hall–Kier alpha value is 0.697. The van der Waals surface area contributed by atoms with Crippen molar-refractivity contribution in [2.45, 2.75) is 39.9 Å². The molecule has 0 nitrogen and oxygen atoms in total. The minimum absolute atomic E-state index is 0. The standard InChI is InChI=1S/C10H18Si.Na/c1-8-6-7-10(9(8)2)11(3,4)5;/h6H,7H2,1-5H3;. The van der Waals surface area contributed by atoms with Crippen LogP contribution in [-0.2, 0) is 0 Å². The molecule has 1 aliphatic carbocycles. The Morgan fingerprint density at radius 3 is 1.83 bits per heavy atom. The summed E-state index contributed by atoms with van der Waals surface area (Å²) in [6.45, 7) is 11.8. The van der Waals surface area contributed by atoms with Gasteiger partial charge in [0.05, 0.1) is 8.07 Å². The van der Waals surface area contributed by atoms with E-state index in [-0.39, 0.29) is 29.6 Å². The Bertz CT molecular complexity index is 231. The largest absolute Gasteiger partial charge is 0.0777 e. The Labute approximate surface area is 99.4 Å². The third kappa shape index (κ3) is 2.59. The summed E-state index contributed by atoms with van der Waals surface area (Å²) >= 11 is 0. The minimum atomic E-state index is -1.00. The fraction of sp³-hybridized carbons (Fsp3) is 0.600. The van der Waals surface area contributed by atoms with Crippen LogP contribution in [0.1, 0.15) is 20.3 Å². The first-order chi connectivity index (χ1) is 4.93. The minimum Gasteiger partial charge on any atom is -0.0777 e. The van der Waals surface area contributed by atoms with Gasteiger partial charge in [0.25, 0.3) is 0 Å². The normalized spacial score (nSPS) is 17.6. The quantitative estimate of drug-likeness (QED) is 0.556. The molecule has 0 aromatic rings. The molecular formula is C10H18NaSi. The van der Waals surface area contributed by atoms with E-state index in [4.69, 9.17) is 0 Å². The third-order valence-electron chi connectivity index (χ3n) is 2.56. The molecule has 1 radical (unpaired) electrons. The van der Waals surface area contributed by atoms with Gasteiger partial charge in [-0.3, -0.25) is 0 Å². The molecule has 0 fully saturated rings. The molecule has 12 heavy (non-hydrogen) atoms. The zero-order valence-electron chi connectivity index (χ0n) is 9.28. The van der Waals surface area contributed by atoms with Crippen LogP contribution in [0.2, 0.25) is 19.6 Å². The van der Waals surface area contributed by atoms with Crippen LogP contribution in [0, 0.1) is 0 Å². The predicted molar refractivity (Wildman–Crippen MR) is 60.2 cm³/mol. The first-order valence-electron chi connectivity index (χ1n) is 4.30. The van der Waals surface area contributed by atoms with Crippen LogP contribution < -0.4 is 0 Å². The van der Waals surface area contributed by atoms with Crippen molar-refractivity contribution in [1.82, 2.24) is 0 Å². The first kappa shape index (κ1) is 12.7. The summed E-state index contributed by atoms with van der Waals surface area (Å²) in [5.74, 6) is 0. The molecule has 0 aromatic carbocycles. The number of hydrogen-bond donors (Lipinski definition) is 0. The molecule has 0 heterocycles. The fourth-order valence-corrected chi connectivity index (χ4v) is 3.70. The maximum atomic E-state index is 2.43. The van der Waals surface area contributed by atoms with E-state index >= 15 is 0 Å². The van der Waals surface area contributed by atoms with Gasteiger partial charge >= 0.3 is 0 Å². The summed E-state index contributed by atoms with van der Waals surface area (Å²) in [7, 11) is -1.00. The summed E-state index contributed by atoms with van der Waals surface area (Å²) < 4.78 is 0. The van der Waals surface area contributed by atoms with E-state index in [0.29, 0.717) is 0 Å². The zero-order chi connectivity index (χ0) is 8.65. The molecule has 0 N–H and O–H groups in total. The van der Waals surface area contributed by atoms with Crippen LogP contribution in [0.15, 0.2) is 22.4 Å². The van der Waals surface area contributed by atoms with Crippen LogP contribution in [0.25, 0.3) is 0 Å². The molecular weight excluding hydrogens is 171 g/mol. The van der Waals surface area contributed by atoms with Gasteiger partial charge < -0.3 is 0 Å². The van der Waals surface area contributed by atoms with Gasteiger partial charge in [-0.2, -0.15) is 0 Å². The predicted octanol–water partition coefficient (Wildman–Crippen LogP) is 3.15. The van der Waals surface area contributed by atoms with E-state index in [1.165, 1.54) is 12.0 Å². The average Bonchev–Trinajstić information content (AvgIpc) is 2.11. The number of rotatable bonds is 1. The van der Waals surface area contributed by atoms with Crippen molar-refractivity contribution in [3.8, 4) is 0 Å². The van der Waals surface area contributed by atoms with Gasteiger partial charge in [0.1, 0.15) is 0 Å². The van der Waals surface area contributed by atoms with Crippen molar-refractivity contribution in [1.29, 1.82) is 0 Å². The van der Waals surface area contributed by atoms with Crippen molar-refractivity contribution >= 4 is 37.6 Å². The van der Waals surface area contributed by atoms with Crippen LogP contribution in [0.4, 0.5) is 0 Å². The molecule has 0 saturated carbocycles. The van der Waals surface area contributed by atoms with E-state index in [9.17, 15) is 0 Å². The molecule has 0 atom stereocenters. The van der Waals surface area contributed by atoms with Gasteiger partial charge in [0.2, 0.25) is 0 Å². The van der Waals surface area contributed by atoms with Crippen molar-refractivity contribution < 1.29 is 0 Å². The van der Waals surface area contributed by atoms with Gasteiger partial charge in [-0.1, -0.05) is 42.1 Å². The van der Waals surface area contributed by atoms with Gasteiger partial charge in [-0.15, -0.1) is 0 Å². The summed E-state index contributed by atoms with van der Waals surface area (Å²) in [6.07, 6.45) is 3.59. The van der Waals surface area contributed by atoms with Crippen LogP contribution >= 0.6 is 0 Å². The molecule has 0 aliphatic heterocycles. The zero-order valence-corrected chi connectivity index (χ0v) is 12.3. The Morgan fingerprint density at radius 1 is 1.17 bits per heavy atom. The SMILES string of the molecule is CC1=CCC([Si](C)(C)C)=C1C.[Na]. The fourth-order valence-electron chi connectivity index (χ4n) is 1.67. The smallest absolute Gasteiger partial charge is 0.0732 e. The van der Waals surface area contributed by atoms with E-state index in [0.717, 1.165) is 0 Å². The van der Waals surface area contributed by atoms with Crippen LogP contribution in [0.5, 0.6) is 0 Å². The summed E-state index contributed by atoms with van der Waals surface area (Å²) in [5.41, 5.74) is 3.08. The number of hydrogen-bond acceptors (Lipinski definition) is 0. The maximum Gasteiger partial charge on any atom is 0.0732 e. The molecule has 0 unspecified atom stereocenters. The first-order valence-corrected chi connectivity index (χ1v) is 7.80. The van der Waals surface area contributed by atoms with E-state index < -0.39 is 8.07 Å². The topological polar surface area (TPSA) is 0 Å². The second-order valence-electron chi connectivity index (χ2n) is 4.44. The molecule has 63 valence electrons. The van der Waals surface area contributed by atoms with Gasteiger partial charge in [-0.05, 0) is 20.3 Å². The molecule has 0 aromatic heterocycles. The van der Waals surface area contributed by atoms with Crippen molar-refractivity contribution in [3.05, 3.63) is 22.4 Å². The van der Waals surface area contributed by atoms with E-state index in [2.05, 4.69) is 39.6 Å². The summed E-state index contributed by atoms with van der Waals surface area (Å²) in [5, 5.41) is 1.75. The number of allylic oxidation sites excluding steroid dienone is 4.